The van der Waals surface area contributed by atoms with Gasteiger partial charge in [-0.3, -0.25) is 9.59 Å². The van der Waals surface area contributed by atoms with Gasteiger partial charge in [-0.2, -0.15) is 0 Å². The third-order valence-corrected chi connectivity index (χ3v) is 3.15. The summed E-state index contributed by atoms with van der Waals surface area (Å²) in [5.41, 5.74) is 2.71. The van der Waals surface area contributed by atoms with E-state index in [0.717, 1.165) is 11.1 Å². The van der Waals surface area contributed by atoms with Crippen molar-refractivity contribution in [3.63, 3.8) is 0 Å². The number of benzene rings is 2. The Labute approximate surface area is 133 Å². The van der Waals surface area contributed by atoms with Crippen LogP contribution in [0.1, 0.15) is 22.3 Å². The number of hydrogen-bond acceptors (Lipinski definition) is 3. The molecule has 0 amide bonds. The molecule has 0 unspecified atom stereocenters. The topological polar surface area (TPSA) is 94.8 Å². The van der Waals surface area contributed by atoms with Crippen molar-refractivity contribution in [3.05, 3.63) is 64.7 Å². The second kappa shape index (κ2) is 7.26. The van der Waals surface area contributed by atoms with Gasteiger partial charge in [0.2, 0.25) is 0 Å². The summed E-state index contributed by atoms with van der Waals surface area (Å²) < 4.78 is 0. The number of hydrogen-bond donors (Lipinski definition) is 3. The minimum Gasteiger partial charge on any atom is -0.508 e. The molecule has 0 aromatic heterocycles. The monoisotopic (exact) mass is 312 g/mol. The van der Waals surface area contributed by atoms with Crippen LogP contribution < -0.4 is 0 Å². The van der Waals surface area contributed by atoms with Crippen molar-refractivity contribution in [2.75, 3.05) is 0 Å². The molecule has 23 heavy (non-hydrogen) atoms. The van der Waals surface area contributed by atoms with Gasteiger partial charge in [-0.25, -0.2) is 0 Å². The van der Waals surface area contributed by atoms with Crippen LogP contribution >= 0.6 is 0 Å². The van der Waals surface area contributed by atoms with E-state index in [4.69, 9.17) is 10.2 Å². The molecule has 0 aliphatic carbocycles. The van der Waals surface area contributed by atoms with E-state index in [1.807, 2.05) is 6.08 Å². The van der Waals surface area contributed by atoms with Crippen LogP contribution in [0.2, 0.25) is 0 Å². The van der Waals surface area contributed by atoms with Crippen molar-refractivity contribution in [1.82, 2.24) is 0 Å². The Bertz CT molecular complexity index is 710. The van der Waals surface area contributed by atoms with Gasteiger partial charge >= 0.3 is 11.9 Å². The molecule has 0 atom stereocenters. The molecule has 0 saturated carbocycles. The van der Waals surface area contributed by atoms with Crippen LogP contribution in [0.15, 0.2) is 42.5 Å². The maximum Gasteiger partial charge on any atom is 0.307 e. The van der Waals surface area contributed by atoms with Gasteiger partial charge in [-0.1, -0.05) is 42.5 Å². The van der Waals surface area contributed by atoms with Gasteiger partial charge in [0.15, 0.2) is 0 Å². The van der Waals surface area contributed by atoms with Crippen molar-refractivity contribution in [1.29, 1.82) is 0 Å². The first-order valence-electron chi connectivity index (χ1n) is 6.96. The fourth-order valence-corrected chi connectivity index (χ4v) is 2.22. The smallest absolute Gasteiger partial charge is 0.307 e. The standard InChI is InChI=1S/C18H16O5/c19-16-5-3-12(4-6-16)1-2-13-7-14(10-17(20)21)9-15(8-13)11-18(22)23/h1-9,19H,10-11H2,(H,20,21)(H,22,23). The van der Waals surface area contributed by atoms with Crippen molar-refractivity contribution in [3.8, 4) is 5.75 Å². The SMILES string of the molecule is O=C(O)Cc1cc(C=Cc2ccc(O)cc2)cc(CC(=O)O)c1. The molecule has 0 fully saturated rings. The molecule has 0 bridgehead atoms. The highest BCUT2D eigenvalue weighted by Gasteiger charge is 2.07. The zero-order valence-electron chi connectivity index (χ0n) is 12.3. The molecule has 2 rings (SSSR count). The van der Waals surface area contributed by atoms with Crippen LogP contribution in [0.4, 0.5) is 0 Å². The average molecular weight is 312 g/mol. The second-order valence-electron chi connectivity index (χ2n) is 5.15. The van der Waals surface area contributed by atoms with Gasteiger partial charge < -0.3 is 15.3 Å². The van der Waals surface area contributed by atoms with Gasteiger partial charge in [-0.05, 0) is 34.4 Å². The average Bonchev–Trinajstić information content (AvgIpc) is 2.45. The second-order valence-corrected chi connectivity index (χ2v) is 5.15. The Balaban J connectivity index is 2.29. The highest BCUT2D eigenvalue weighted by atomic mass is 16.4. The Morgan fingerprint density at radius 2 is 1.26 bits per heavy atom. The van der Waals surface area contributed by atoms with E-state index in [2.05, 4.69) is 0 Å². The number of rotatable bonds is 6. The molecule has 0 aliphatic heterocycles. The minimum absolute atomic E-state index is 0.159. The Kier molecular flexibility index (Phi) is 5.15. The van der Waals surface area contributed by atoms with E-state index >= 15 is 0 Å². The molecule has 0 heterocycles. The van der Waals surface area contributed by atoms with E-state index in [0.29, 0.717) is 11.1 Å². The van der Waals surface area contributed by atoms with Crippen LogP contribution in [0, 0.1) is 0 Å². The first-order valence-corrected chi connectivity index (χ1v) is 6.96. The molecule has 5 nitrogen and oxygen atoms in total. The van der Waals surface area contributed by atoms with E-state index in [-0.39, 0.29) is 18.6 Å². The summed E-state index contributed by atoms with van der Waals surface area (Å²) in [6, 6.07) is 11.6. The molecular weight excluding hydrogens is 296 g/mol. The lowest BCUT2D eigenvalue weighted by molar-refractivity contribution is -0.137. The van der Waals surface area contributed by atoms with Gasteiger partial charge in [-0.15, -0.1) is 0 Å². The number of phenolic OH excluding ortho intramolecular Hbond substituents is 1. The first-order chi connectivity index (χ1) is 10.9. The van der Waals surface area contributed by atoms with E-state index < -0.39 is 11.9 Å². The Hall–Kier alpha value is -3.08. The van der Waals surface area contributed by atoms with Gasteiger partial charge in [0, 0.05) is 0 Å². The summed E-state index contributed by atoms with van der Waals surface area (Å²) in [6.07, 6.45) is 3.27. The molecule has 0 aliphatic rings. The first kappa shape index (κ1) is 16.3. The minimum atomic E-state index is -0.967. The number of carboxylic acids is 2. The molecule has 2 aromatic rings. The Morgan fingerprint density at radius 1 is 0.783 bits per heavy atom. The molecule has 0 spiro atoms. The predicted octanol–water partition coefficient (Wildman–Crippen LogP) is 2.82. The summed E-state index contributed by atoms with van der Waals surface area (Å²) >= 11 is 0. The summed E-state index contributed by atoms with van der Waals surface area (Å²) in [7, 11) is 0. The molecule has 118 valence electrons. The number of aromatic hydroxyl groups is 1. The maximum absolute atomic E-state index is 10.9. The van der Waals surface area contributed by atoms with Crippen molar-refractivity contribution >= 4 is 24.1 Å². The van der Waals surface area contributed by atoms with Crippen molar-refractivity contribution in [2.45, 2.75) is 12.8 Å². The van der Waals surface area contributed by atoms with Gasteiger partial charge in [0.05, 0.1) is 12.8 Å². The van der Waals surface area contributed by atoms with E-state index in [1.165, 1.54) is 0 Å². The van der Waals surface area contributed by atoms with Crippen LogP contribution in [0.5, 0.6) is 5.75 Å². The van der Waals surface area contributed by atoms with Crippen molar-refractivity contribution < 1.29 is 24.9 Å². The quantitative estimate of drug-likeness (QED) is 0.713. The third kappa shape index (κ3) is 5.32. The number of carboxylic acid groups (broad SMARTS) is 2. The highest BCUT2D eigenvalue weighted by molar-refractivity contribution is 5.75. The predicted molar refractivity (Wildman–Crippen MR) is 86.2 cm³/mol. The third-order valence-electron chi connectivity index (χ3n) is 3.15. The van der Waals surface area contributed by atoms with Gasteiger partial charge in [0.1, 0.15) is 5.75 Å². The van der Waals surface area contributed by atoms with Crippen LogP contribution in [0.25, 0.3) is 12.2 Å². The lowest BCUT2D eigenvalue weighted by atomic mass is 10.0. The zero-order valence-corrected chi connectivity index (χ0v) is 12.3. The maximum atomic E-state index is 10.9. The fraction of sp³-hybridized carbons (Fsp3) is 0.111. The fourth-order valence-electron chi connectivity index (χ4n) is 2.22. The molecule has 5 heteroatoms. The molecule has 3 N–H and O–H groups in total. The Morgan fingerprint density at radius 3 is 1.74 bits per heavy atom. The van der Waals surface area contributed by atoms with Crippen LogP contribution in [-0.2, 0) is 22.4 Å². The van der Waals surface area contributed by atoms with Crippen LogP contribution in [-0.4, -0.2) is 27.3 Å². The van der Waals surface area contributed by atoms with Crippen molar-refractivity contribution in [2.24, 2.45) is 0 Å². The number of aliphatic carboxylic acids is 2. The van der Waals surface area contributed by atoms with Gasteiger partial charge in [0.25, 0.3) is 0 Å². The van der Waals surface area contributed by atoms with E-state index in [9.17, 15) is 14.7 Å². The lowest BCUT2D eigenvalue weighted by Crippen LogP contribution is -2.04. The molecule has 2 aromatic carbocycles. The largest absolute Gasteiger partial charge is 0.508 e. The molecular formula is C18H16O5. The zero-order chi connectivity index (χ0) is 16.8. The summed E-state index contributed by atoms with van der Waals surface area (Å²) in [4.78, 5) is 21.7. The lowest BCUT2D eigenvalue weighted by Gasteiger charge is -2.05. The summed E-state index contributed by atoms with van der Waals surface area (Å²) in [6.45, 7) is 0. The number of phenols is 1. The van der Waals surface area contributed by atoms with E-state index in [1.54, 1.807) is 48.5 Å². The normalized spacial score (nSPS) is 10.8. The molecule has 0 saturated heterocycles. The van der Waals surface area contributed by atoms with Crippen LogP contribution in [0.3, 0.4) is 0 Å². The summed E-state index contributed by atoms with van der Waals surface area (Å²) in [5.74, 6) is -1.76. The molecule has 0 radical (unpaired) electrons. The highest BCUT2D eigenvalue weighted by Crippen LogP contribution is 2.16. The number of carbonyl (C=O) groups is 2. The summed E-state index contributed by atoms with van der Waals surface area (Å²) in [5, 5.41) is 27.1.